The van der Waals surface area contributed by atoms with E-state index in [4.69, 9.17) is 0 Å². The lowest BCUT2D eigenvalue weighted by Gasteiger charge is -2.35. The number of imidazole rings is 1. The van der Waals surface area contributed by atoms with Gasteiger partial charge in [-0.15, -0.1) is 24.8 Å². The Morgan fingerprint density at radius 1 is 1.42 bits per heavy atom. The third-order valence-corrected chi connectivity index (χ3v) is 4.04. The van der Waals surface area contributed by atoms with Gasteiger partial charge in [0.1, 0.15) is 11.9 Å². The van der Waals surface area contributed by atoms with E-state index in [1.165, 1.54) is 0 Å². The average molecular weight is 375 g/mol. The van der Waals surface area contributed by atoms with Crippen molar-refractivity contribution >= 4 is 30.7 Å². The second-order valence-electron chi connectivity index (χ2n) is 5.73. The van der Waals surface area contributed by atoms with E-state index in [0.29, 0.717) is 19.5 Å². The number of carbonyl (C=O) groups excluding carboxylic acids is 1. The number of piperazine rings is 1. The maximum atomic E-state index is 12.6. The van der Waals surface area contributed by atoms with Crippen LogP contribution >= 0.6 is 24.8 Å². The number of hydrogen-bond donors (Lipinski definition) is 1. The average Bonchev–Trinajstić information content (AvgIpc) is 3.13. The molecule has 7 nitrogen and oxygen atoms in total. The molecule has 0 aromatic carbocycles. The fourth-order valence-corrected chi connectivity index (χ4v) is 2.87. The summed E-state index contributed by atoms with van der Waals surface area (Å²) in [6.45, 7) is 4.90. The molecule has 0 radical (unpaired) electrons. The first-order valence-electron chi connectivity index (χ1n) is 7.61. The van der Waals surface area contributed by atoms with Crippen molar-refractivity contribution in [2.45, 2.75) is 25.9 Å². The Morgan fingerprint density at radius 3 is 2.83 bits per heavy atom. The zero-order chi connectivity index (χ0) is 15.5. The molecule has 24 heavy (non-hydrogen) atoms. The SMILES string of the molecule is Cc1cnn(CCC(=O)N2CCNCC2c2nccn2C)c1.Cl.Cl. The number of carbonyl (C=O) groups is 1. The monoisotopic (exact) mass is 374 g/mol. The van der Waals surface area contributed by atoms with Crippen LogP contribution in [0.25, 0.3) is 0 Å². The molecule has 0 spiro atoms. The van der Waals surface area contributed by atoms with Gasteiger partial charge < -0.3 is 14.8 Å². The summed E-state index contributed by atoms with van der Waals surface area (Å²) in [4.78, 5) is 19.0. The molecule has 1 amide bonds. The van der Waals surface area contributed by atoms with Crippen LogP contribution in [-0.2, 0) is 18.4 Å². The standard InChI is InChI=1S/C15H22N6O.2ClH/c1-12-9-18-20(11-12)6-3-14(22)21-8-4-16-10-13(21)15-17-5-7-19(15)2;;/h5,7,9,11,13,16H,3-4,6,8,10H2,1-2H3;2*1H. The second kappa shape index (κ2) is 9.05. The highest BCUT2D eigenvalue weighted by atomic mass is 35.5. The number of nitrogens with zero attached hydrogens (tertiary/aromatic N) is 5. The maximum absolute atomic E-state index is 12.6. The van der Waals surface area contributed by atoms with Gasteiger partial charge in [0.15, 0.2) is 0 Å². The Balaban J connectivity index is 0.00000144. The van der Waals surface area contributed by atoms with Gasteiger partial charge in [0, 0.05) is 58.2 Å². The summed E-state index contributed by atoms with van der Waals surface area (Å²) in [6.07, 6.45) is 7.92. The van der Waals surface area contributed by atoms with E-state index in [2.05, 4.69) is 15.4 Å². The number of halogens is 2. The summed E-state index contributed by atoms with van der Waals surface area (Å²) >= 11 is 0. The first-order chi connectivity index (χ1) is 10.6. The minimum atomic E-state index is 0. The molecule has 0 aliphatic carbocycles. The maximum Gasteiger partial charge on any atom is 0.225 e. The molecular formula is C15H24Cl2N6O. The zero-order valence-corrected chi connectivity index (χ0v) is 15.5. The molecule has 134 valence electrons. The zero-order valence-electron chi connectivity index (χ0n) is 13.9. The smallest absolute Gasteiger partial charge is 0.225 e. The van der Waals surface area contributed by atoms with Crippen LogP contribution in [0.2, 0.25) is 0 Å². The molecule has 1 atom stereocenters. The van der Waals surface area contributed by atoms with Crippen LogP contribution in [0.3, 0.4) is 0 Å². The number of hydrogen-bond acceptors (Lipinski definition) is 4. The Kier molecular flexibility index (Phi) is 7.72. The summed E-state index contributed by atoms with van der Waals surface area (Å²) in [7, 11) is 1.96. The summed E-state index contributed by atoms with van der Waals surface area (Å²) < 4.78 is 3.81. The summed E-state index contributed by atoms with van der Waals surface area (Å²) in [5.74, 6) is 1.08. The quantitative estimate of drug-likeness (QED) is 0.876. The predicted molar refractivity (Wildman–Crippen MR) is 96.6 cm³/mol. The first-order valence-corrected chi connectivity index (χ1v) is 7.61. The number of aromatic nitrogens is 4. The van der Waals surface area contributed by atoms with Crippen molar-refractivity contribution in [2.75, 3.05) is 19.6 Å². The second-order valence-corrected chi connectivity index (χ2v) is 5.73. The van der Waals surface area contributed by atoms with Gasteiger partial charge in [0.05, 0.1) is 6.20 Å². The van der Waals surface area contributed by atoms with Gasteiger partial charge in [-0.1, -0.05) is 0 Å². The number of nitrogens with one attached hydrogen (secondary N) is 1. The summed E-state index contributed by atoms with van der Waals surface area (Å²) in [5, 5.41) is 7.58. The van der Waals surface area contributed by atoms with Gasteiger partial charge in [-0.2, -0.15) is 5.10 Å². The molecule has 3 heterocycles. The Hall–Kier alpha value is -1.57. The predicted octanol–water partition coefficient (Wildman–Crippen LogP) is 1.33. The van der Waals surface area contributed by atoms with Crippen molar-refractivity contribution in [3.63, 3.8) is 0 Å². The van der Waals surface area contributed by atoms with E-state index in [0.717, 1.165) is 24.5 Å². The van der Waals surface area contributed by atoms with Crippen molar-refractivity contribution in [3.8, 4) is 0 Å². The van der Waals surface area contributed by atoms with E-state index < -0.39 is 0 Å². The largest absolute Gasteiger partial charge is 0.336 e. The minimum absolute atomic E-state index is 0. The third-order valence-electron chi connectivity index (χ3n) is 4.04. The highest BCUT2D eigenvalue weighted by Gasteiger charge is 2.30. The molecule has 2 aromatic heterocycles. The van der Waals surface area contributed by atoms with Gasteiger partial charge in [-0.3, -0.25) is 9.48 Å². The highest BCUT2D eigenvalue weighted by Crippen LogP contribution is 2.21. The number of aryl methyl sites for hydroxylation is 3. The van der Waals surface area contributed by atoms with E-state index in [1.807, 2.05) is 46.7 Å². The molecule has 1 saturated heterocycles. The molecule has 1 fully saturated rings. The lowest BCUT2D eigenvalue weighted by atomic mass is 10.1. The van der Waals surface area contributed by atoms with E-state index in [9.17, 15) is 4.79 Å². The fourth-order valence-electron chi connectivity index (χ4n) is 2.87. The molecule has 0 saturated carbocycles. The minimum Gasteiger partial charge on any atom is -0.336 e. The number of amides is 1. The van der Waals surface area contributed by atoms with Crippen LogP contribution < -0.4 is 5.32 Å². The first kappa shape index (κ1) is 20.5. The van der Waals surface area contributed by atoms with Crippen molar-refractivity contribution in [1.82, 2.24) is 29.5 Å². The molecule has 0 bridgehead atoms. The van der Waals surface area contributed by atoms with E-state index in [-0.39, 0.29) is 36.8 Å². The van der Waals surface area contributed by atoms with E-state index in [1.54, 1.807) is 6.20 Å². The van der Waals surface area contributed by atoms with Gasteiger partial charge in [0.2, 0.25) is 5.91 Å². The van der Waals surface area contributed by atoms with Crippen LogP contribution in [0.4, 0.5) is 0 Å². The van der Waals surface area contributed by atoms with Crippen LogP contribution in [0.1, 0.15) is 23.9 Å². The van der Waals surface area contributed by atoms with Crippen LogP contribution in [0, 0.1) is 6.92 Å². The topological polar surface area (TPSA) is 68.0 Å². The third kappa shape index (κ3) is 4.49. The molecule has 9 heteroatoms. The van der Waals surface area contributed by atoms with Gasteiger partial charge in [-0.05, 0) is 12.5 Å². The Morgan fingerprint density at radius 2 is 2.21 bits per heavy atom. The highest BCUT2D eigenvalue weighted by molar-refractivity contribution is 5.85. The van der Waals surface area contributed by atoms with Crippen molar-refractivity contribution < 1.29 is 4.79 Å². The lowest BCUT2D eigenvalue weighted by Crippen LogP contribution is -2.49. The molecule has 1 unspecified atom stereocenters. The van der Waals surface area contributed by atoms with Crippen LogP contribution in [0.5, 0.6) is 0 Å². The van der Waals surface area contributed by atoms with Crippen molar-refractivity contribution in [3.05, 3.63) is 36.2 Å². The summed E-state index contributed by atoms with van der Waals surface area (Å²) in [5.41, 5.74) is 1.11. The van der Waals surface area contributed by atoms with Crippen molar-refractivity contribution in [1.29, 1.82) is 0 Å². The van der Waals surface area contributed by atoms with Crippen LogP contribution in [0.15, 0.2) is 24.8 Å². The number of rotatable bonds is 4. The van der Waals surface area contributed by atoms with E-state index >= 15 is 0 Å². The lowest BCUT2D eigenvalue weighted by molar-refractivity contribution is -0.135. The Labute approximate surface area is 154 Å². The molecule has 1 aliphatic heterocycles. The van der Waals surface area contributed by atoms with Gasteiger partial charge in [0.25, 0.3) is 0 Å². The Bertz CT molecular complexity index is 656. The normalized spacial score (nSPS) is 17.1. The molecule has 1 aliphatic rings. The summed E-state index contributed by atoms with van der Waals surface area (Å²) in [6, 6.07) is 0.000563. The molecular weight excluding hydrogens is 351 g/mol. The van der Waals surface area contributed by atoms with Gasteiger partial charge >= 0.3 is 0 Å². The van der Waals surface area contributed by atoms with Crippen molar-refractivity contribution in [2.24, 2.45) is 7.05 Å². The fraction of sp³-hybridized carbons (Fsp3) is 0.533. The molecule has 1 N–H and O–H groups in total. The molecule has 3 rings (SSSR count). The van der Waals surface area contributed by atoms with Crippen LogP contribution in [-0.4, -0.2) is 49.8 Å². The van der Waals surface area contributed by atoms with Gasteiger partial charge in [-0.25, -0.2) is 4.98 Å². The molecule has 2 aromatic rings.